The molecule has 1 aromatic heterocycles. The first-order valence-electron chi connectivity index (χ1n) is 13.5. The Balaban J connectivity index is 1.38. The van der Waals surface area contributed by atoms with Crippen molar-refractivity contribution in [3.8, 4) is 0 Å². The van der Waals surface area contributed by atoms with Gasteiger partial charge in [0.25, 0.3) is 5.91 Å². The second kappa shape index (κ2) is 13.0. The van der Waals surface area contributed by atoms with Crippen LogP contribution in [0.15, 0.2) is 103 Å². The Kier molecular flexibility index (Phi) is 8.98. The normalized spacial score (nSPS) is 20.8. The summed E-state index contributed by atoms with van der Waals surface area (Å²) in [4.78, 5) is 19.0. The molecule has 0 radical (unpaired) electrons. The van der Waals surface area contributed by atoms with Gasteiger partial charge in [0.2, 0.25) is 0 Å². The number of rotatable bonds is 9. The third-order valence-electron chi connectivity index (χ3n) is 7.25. The van der Waals surface area contributed by atoms with Gasteiger partial charge in [-0.15, -0.1) is 0 Å². The fraction of sp³-hybridized carbons (Fsp3) is 0.273. The Bertz CT molecular complexity index is 1380. The van der Waals surface area contributed by atoms with Gasteiger partial charge in [-0.1, -0.05) is 73.7 Å². The maximum Gasteiger partial charge on any atom is 0.257 e. The van der Waals surface area contributed by atoms with E-state index in [4.69, 9.17) is 9.47 Å². The van der Waals surface area contributed by atoms with Crippen molar-refractivity contribution in [2.24, 2.45) is 5.92 Å². The molecule has 2 N–H and O–H groups in total. The van der Waals surface area contributed by atoms with E-state index in [0.717, 1.165) is 29.8 Å². The number of nitrogens with one attached hydrogen (secondary N) is 1. The molecule has 7 heteroatoms. The van der Waals surface area contributed by atoms with Gasteiger partial charge in [0.1, 0.15) is 0 Å². The van der Waals surface area contributed by atoms with Crippen molar-refractivity contribution in [2.75, 3.05) is 18.9 Å². The van der Waals surface area contributed by atoms with Gasteiger partial charge in [0.15, 0.2) is 6.29 Å². The van der Waals surface area contributed by atoms with Crippen molar-refractivity contribution in [1.29, 1.82) is 0 Å². The molecule has 2 heterocycles. The van der Waals surface area contributed by atoms with Gasteiger partial charge in [0.05, 0.1) is 24.4 Å². The Morgan fingerprint density at radius 2 is 1.73 bits per heavy atom. The number of anilines is 1. The number of aliphatic hydroxyl groups excluding tert-OH is 1. The van der Waals surface area contributed by atoms with Crippen molar-refractivity contribution in [3.63, 3.8) is 0 Å². The summed E-state index contributed by atoms with van der Waals surface area (Å²) in [5.41, 5.74) is 5.10. The van der Waals surface area contributed by atoms with Crippen LogP contribution in [0, 0.1) is 5.92 Å². The van der Waals surface area contributed by atoms with E-state index < -0.39 is 6.29 Å². The second-order valence-corrected chi connectivity index (χ2v) is 10.3. The number of carbonyl (C=O) groups is 1. The van der Waals surface area contributed by atoms with Gasteiger partial charge >= 0.3 is 0 Å². The second-order valence-electron chi connectivity index (χ2n) is 10.3. The predicted octanol–water partition coefficient (Wildman–Crippen LogP) is 5.75. The molecule has 0 spiro atoms. The van der Waals surface area contributed by atoms with Crippen LogP contribution in [-0.4, -0.2) is 40.6 Å². The molecule has 4 unspecified atom stereocenters. The molecule has 1 amide bonds. The fourth-order valence-corrected chi connectivity index (χ4v) is 5.06. The fourth-order valence-electron chi connectivity index (χ4n) is 5.06. The average molecular weight is 538 g/mol. The summed E-state index contributed by atoms with van der Waals surface area (Å²) in [6, 6.07) is 29.3. The number of nitrogens with zero attached hydrogens (tertiary/aromatic N) is 2. The molecule has 0 bridgehead atoms. The van der Waals surface area contributed by atoms with Crippen LogP contribution in [0.5, 0.6) is 0 Å². The van der Waals surface area contributed by atoms with E-state index >= 15 is 0 Å². The SMILES string of the molecule is CC1C(CN(C)Cc2ccccc2)OC(c2cccc(NC(=O)c3cccnc3)c2)OC1c1ccc(CO)cc1. The van der Waals surface area contributed by atoms with Crippen LogP contribution in [0.2, 0.25) is 0 Å². The number of ether oxygens (including phenoxy) is 2. The van der Waals surface area contributed by atoms with Gasteiger partial charge in [-0.2, -0.15) is 0 Å². The molecule has 206 valence electrons. The standard InChI is InChI=1S/C33H35N3O4/c1-23-30(21-36(2)20-24-8-4-3-5-9-24)39-33(40-31(23)26-15-13-25(22-37)14-16-26)27-10-6-12-29(18-27)35-32(38)28-11-7-17-34-19-28/h3-19,23,30-31,33,37H,20-22H2,1-2H3,(H,35,38). The summed E-state index contributed by atoms with van der Waals surface area (Å²) in [6.07, 6.45) is 2.23. The minimum Gasteiger partial charge on any atom is -0.392 e. The number of amides is 1. The maximum absolute atomic E-state index is 12.7. The Hall–Kier alpha value is -3.88. The molecular formula is C33H35N3O4. The van der Waals surface area contributed by atoms with Crippen molar-refractivity contribution < 1.29 is 19.4 Å². The Morgan fingerprint density at radius 1 is 0.925 bits per heavy atom. The van der Waals surface area contributed by atoms with E-state index in [2.05, 4.69) is 53.4 Å². The molecule has 1 aliphatic rings. The van der Waals surface area contributed by atoms with Crippen molar-refractivity contribution in [2.45, 2.75) is 38.6 Å². The number of benzene rings is 3. The summed E-state index contributed by atoms with van der Waals surface area (Å²) >= 11 is 0. The van der Waals surface area contributed by atoms with Crippen molar-refractivity contribution in [1.82, 2.24) is 9.88 Å². The number of aromatic nitrogens is 1. The van der Waals surface area contributed by atoms with E-state index in [-0.39, 0.29) is 30.6 Å². The smallest absolute Gasteiger partial charge is 0.257 e. The number of hydrogen-bond donors (Lipinski definition) is 2. The third-order valence-corrected chi connectivity index (χ3v) is 7.25. The largest absolute Gasteiger partial charge is 0.392 e. The van der Waals surface area contributed by atoms with E-state index in [0.29, 0.717) is 11.3 Å². The molecule has 4 atom stereocenters. The first kappa shape index (κ1) is 27.7. The topological polar surface area (TPSA) is 83.9 Å². The van der Waals surface area contributed by atoms with Crippen LogP contribution in [0.25, 0.3) is 0 Å². The minimum atomic E-state index is -0.621. The van der Waals surface area contributed by atoms with Gasteiger partial charge in [0, 0.05) is 42.7 Å². The molecule has 1 aliphatic heterocycles. The zero-order valence-electron chi connectivity index (χ0n) is 22.8. The van der Waals surface area contributed by atoms with Gasteiger partial charge in [-0.3, -0.25) is 14.7 Å². The van der Waals surface area contributed by atoms with Gasteiger partial charge in [-0.05, 0) is 48.0 Å². The first-order chi connectivity index (χ1) is 19.5. The van der Waals surface area contributed by atoms with E-state index in [1.807, 2.05) is 54.6 Å². The van der Waals surface area contributed by atoms with Crippen LogP contribution in [0.3, 0.4) is 0 Å². The molecular weight excluding hydrogens is 502 g/mol. The first-order valence-corrected chi connectivity index (χ1v) is 13.5. The lowest BCUT2D eigenvalue weighted by Crippen LogP contribution is -2.43. The van der Waals surface area contributed by atoms with Crippen LogP contribution in [0.1, 0.15) is 51.9 Å². The zero-order valence-corrected chi connectivity index (χ0v) is 22.8. The number of likely N-dealkylation sites (N-methyl/N-ethyl adjacent to an activating group) is 1. The lowest BCUT2D eigenvalue weighted by molar-refractivity contribution is -0.276. The quantitative estimate of drug-likeness (QED) is 0.283. The molecule has 5 rings (SSSR count). The highest BCUT2D eigenvalue weighted by molar-refractivity contribution is 6.04. The summed E-state index contributed by atoms with van der Waals surface area (Å²) in [5.74, 6) is -0.158. The average Bonchev–Trinajstić information content (AvgIpc) is 2.99. The van der Waals surface area contributed by atoms with E-state index in [9.17, 15) is 9.90 Å². The van der Waals surface area contributed by atoms with Crippen LogP contribution < -0.4 is 5.32 Å². The number of pyridine rings is 1. The van der Waals surface area contributed by atoms with Crippen molar-refractivity contribution >= 4 is 11.6 Å². The number of aliphatic hydroxyl groups is 1. The molecule has 1 saturated heterocycles. The highest BCUT2D eigenvalue weighted by Gasteiger charge is 2.38. The molecule has 0 aliphatic carbocycles. The van der Waals surface area contributed by atoms with E-state index in [1.54, 1.807) is 18.3 Å². The maximum atomic E-state index is 12.7. The van der Waals surface area contributed by atoms with Crippen LogP contribution >= 0.6 is 0 Å². The Labute approximate surface area is 235 Å². The molecule has 40 heavy (non-hydrogen) atoms. The van der Waals surface area contributed by atoms with Crippen molar-refractivity contribution in [3.05, 3.63) is 131 Å². The highest BCUT2D eigenvalue weighted by Crippen LogP contribution is 2.42. The predicted molar refractivity (Wildman–Crippen MR) is 154 cm³/mol. The minimum absolute atomic E-state index is 0.00243. The molecule has 7 nitrogen and oxygen atoms in total. The highest BCUT2D eigenvalue weighted by atomic mass is 16.7. The van der Waals surface area contributed by atoms with Crippen LogP contribution in [0.4, 0.5) is 5.69 Å². The zero-order chi connectivity index (χ0) is 27.9. The molecule has 3 aromatic carbocycles. The summed E-state index contributed by atoms with van der Waals surface area (Å²) in [5, 5.41) is 12.5. The summed E-state index contributed by atoms with van der Waals surface area (Å²) < 4.78 is 13.2. The summed E-state index contributed by atoms with van der Waals surface area (Å²) in [7, 11) is 2.10. The van der Waals surface area contributed by atoms with Crippen LogP contribution in [-0.2, 0) is 22.6 Å². The monoisotopic (exact) mass is 537 g/mol. The third kappa shape index (κ3) is 6.81. The molecule has 4 aromatic rings. The number of hydrogen-bond acceptors (Lipinski definition) is 6. The Morgan fingerprint density at radius 3 is 2.45 bits per heavy atom. The lowest BCUT2D eigenvalue weighted by Gasteiger charge is -2.42. The van der Waals surface area contributed by atoms with Gasteiger partial charge < -0.3 is 19.9 Å². The number of carbonyl (C=O) groups excluding carboxylic acids is 1. The molecule has 1 fully saturated rings. The lowest BCUT2D eigenvalue weighted by atomic mass is 9.90. The summed E-state index contributed by atoms with van der Waals surface area (Å²) in [6.45, 7) is 3.69. The van der Waals surface area contributed by atoms with Gasteiger partial charge in [-0.25, -0.2) is 0 Å². The molecule has 0 saturated carbocycles. The van der Waals surface area contributed by atoms with E-state index in [1.165, 1.54) is 11.8 Å².